The van der Waals surface area contributed by atoms with Crippen LogP contribution in [-0.2, 0) is 11.2 Å². The third-order valence-electron chi connectivity index (χ3n) is 3.25. The zero-order chi connectivity index (χ0) is 12.6. The molecule has 1 unspecified atom stereocenters. The Morgan fingerprint density at radius 3 is 2.76 bits per heavy atom. The SMILES string of the molecule is CC1c2ccccc2CCN1C(Cl)(Cl)C(N)=O. The van der Waals surface area contributed by atoms with Crippen molar-refractivity contribution in [3.05, 3.63) is 35.4 Å². The van der Waals surface area contributed by atoms with Gasteiger partial charge in [0.15, 0.2) is 0 Å². The van der Waals surface area contributed by atoms with Gasteiger partial charge in [0.2, 0.25) is 0 Å². The van der Waals surface area contributed by atoms with Crippen molar-refractivity contribution in [1.82, 2.24) is 4.90 Å². The van der Waals surface area contributed by atoms with E-state index in [0.29, 0.717) is 6.54 Å². The van der Waals surface area contributed by atoms with Crippen LogP contribution in [0.4, 0.5) is 0 Å². The van der Waals surface area contributed by atoms with E-state index in [1.54, 1.807) is 4.90 Å². The van der Waals surface area contributed by atoms with Gasteiger partial charge in [-0.15, -0.1) is 0 Å². The lowest BCUT2D eigenvalue weighted by atomic mass is 9.93. The number of carbonyl (C=O) groups excluding carboxylic acids is 1. The van der Waals surface area contributed by atoms with E-state index in [1.807, 2.05) is 25.1 Å². The van der Waals surface area contributed by atoms with Crippen LogP contribution in [0.2, 0.25) is 0 Å². The first-order valence-corrected chi connectivity index (χ1v) is 6.22. The molecule has 1 aliphatic heterocycles. The van der Waals surface area contributed by atoms with Crippen LogP contribution in [-0.4, -0.2) is 21.8 Å². The molecule has 1 atom stereocenters. The molecule has 0 fully saturated rings. The summed E-state index contributed by atoms with van der Waals surface area (Å²) < 4.78 is -1.65. The molecule has 1 aliphatic rings. The van der Waals surface area contributed by atoms with E-state index < -0.39 is 10.4 Å². The van der Waals surface area contributed by atoms with Gasteiger partial charge in [-0.25, -0.2) is 0 Å². The first kappa shape index (κ1) is 12.7. The number of benzene rings is 1. The second kappa shape index (κ2) is 4.48. The lowest BCUT2D eigenvalue weighted by molar-refractivity contribution is -0.123. The molecule has 0 spiro atoms. The number of nitrogens with zero attached hydrogens (tertiary/aromatic N) is 1. The third kappa shape index (κ3) is 2.15. The van der Waals surface area contributed by atoms with Crippen LogP contribution in [0.25, 0.3) is 0 Å². The van der Waals surface area contributed by atoms with E-state index in [0.717, 1.165) is 12.0 Å². The van der Waals surface area contributed by atoms with E-state index in [1.165, 1.54) is 5.56 Å². The summed E-state index contributed by atoms with van der Waals surface area (Å²) in [5.41, 5.74) is 7.65. The predicted molar refractivity (Wildman–Crippen MR) is 68.9 cm³/mol. The minimum Gasteiger partial charge on any atom is -0.366 e. The van der Waals surface area contributed by atoms with Gasteiger partial charge in [0.05, 0.1) is 0 Å². The third-order valence-corrected chi connectivity index (χ3v) is 4.06. The van der Waals surface area contributed by atoms with Gasteiger partial charge in [0.25, 0.3) is 10.4 Å². The molecule has 1 heterocycles. The average Bonchev–Trinajstić information content (AvgIpc) is 2.29. The number of amides is 1. The minimum absolute atomic E-state index is 0.0255. The maximum atomic E-state index is 11.3. The smallest absolute Gasteiger partial charge is 0.269 e. The molecule has 17 heavy (non-hydrogen) atoms. The van der Waals surface area contributed by atoms with Crippen LogP contribution < -0.4 is 5.73 Å². The fourth-order valence-corrected chi connectivity index (χ4v) is 2.76. The van der Waals surface area contributed by atoms with Crippen molar-refractivity contribution in [3.8, 4) is 0 Å². The maximum Gasteiger partial charge on any atom is 0.269 e. The number of primary amides is 1. The van der Waals surface area contributed by atoms with Crippen LogP contribution in [0, 0.1) is 0 Å². The summed E-state index contributed by atoms with van der Waals surface area (Å²) in [7, 11) is 0. The average molecular weight is 273 g/mol. The van der Waals surface area contributed by atoms with E-state index in [9.17, 15) is 4.79 Å². The van der Waals surface area contributed by atoms with E-state index in [4.69, 9.17) is 28.9 Å². The van der Waals surface area contributed by atoms with Crippen molar-refractivity contribution in [2.45, 2.75) is 23.8 Å². The van der Waals surface area contributed by atoms with Crippen molar-refractivity contribution in [3.63, 3.8) is 0 Å². The minimum atomic E-state index is -1.65. The lowest BCUT2D eigenvalue weighted by Crippen LogP contribution is -2.52. The Bertz CT molecular complexity index is 448. The van der Waals surface area contributed by atoms with Crippen LogP contribution >= 0.6 is 23.2 Å². The monoisotopic (exact) mass is 272 g/mol. The molecule has 0 saturated carbocycles. The summed E-state index contributed by atoms with van der Waals surface area (Å²) >= 11 is 12.1. The summed E-state index contributed by atoms with van der Waals surface area (Å²) in [6.07, 6.45) is 0.814. The molecule has 5 heteroatoms. The zero-order valence-corrected chi connectivity index (χ0v) is 11.0. The van der Waals surface area contributed by atoms with Gasteiger partial charge in [-0.05, 0) is 24.5 Å². The Kier molecular flexibility index (Phi) is 3.34. The van der Waals surface area contributed by atoms with E-state index in [-0.39, 0.29) is 6.04 Å². The summed E-state index contributed by atoms with van der Waals surface area (Å²) in [6, 6.07) is 8.05. The van der Waals surface area contributed by atoms with Gasteiger partial charge in [0.1, 0.15) is 0 Å². The van der Waals surface area contributed by atoms with Crippen LogP contribution in [0.3, 0.4) is 0 Å². The highest BCUT2D eigenvalue weighted by molar-refractivity contribution is 6.57. The largest absolute Gasteiger partial charge is 0.366 e. The number of nitrogens with two attached hydrogens (primary N) is 1. The molecule has 1 aromatic carbocycles. The number of halogens is 2. The molecule has 0 bridgehead atoms. The topological polar surface area (TPSA) is 46.3 Å². The molecule has 2 N–H and O–H groups in total. The number of hydrogen-bond acceptors (Lipinski definition) is 2. The second-order valence-electron chi connectivity index (χ2n) is 4.22. The van der Waals surface area contributed by atoms with Crippen molar-refractivity contribution in [2.24, 2.45) is 5.73 Å². The number of alkyl halides is 2. The Morgan fingerprint density at radius 2 is 2.12 bits per heavy atom. The Labute approximate surface area is 110 Å². The standard InChI is InChI=1S/C12H14Cl2N2O/c1-8-10-5-3-2-4-9(10)6-7-16(8)12(13,14)11(15)17/h2-5,8H,6-7H2,1H3,(H2,15,17). The molecular formula is C12H14Cl2N2O. The predicted octanol–water partition coefficient (Wildman–Crippen LogP) is 2.22. The highest BCUT2D eigenvalue weighted by Gasteiger charge is 2.43. The number of hydrogen-bond donors (Lipinski definition) is 1. The molecule has 1 amide bonds. The highest BCUT2D eigenvalue weighted by Crippen LogP contribution is 2.38. The molecule has 0 aliphatic carbocycles. The number of carbonyl (C=O) groups is 1. The molecule has 0 aromatic heterocycles. The van der Waals surface area contributed by atoms with Gasteiger partial charge < -0.3 is 5.73 Å². The van der Waals surface area contributed by atoms with Crippen molar-refractivity contribution < 1.29 is 4.79 Å². The number of fused-ring (bicyclic) bond motifs is 1. The van der Waals surface area contributed by atoms with Crippen molar-refractivity contribution >= 4 is 29.1 Å². The normalized spacial score (nSPS) is 21.0. The Balaban J connectivity index is 2.35. The molecule has 92 valence electrons. The molecule has 0 radical (unpaired) electrons. The molecule has 2 rings (SSSR count). The van der Waals surface area contributed by atoms with Crippen molar-refractivity contribution in [1.29, 1.82) is 0 Å². The fourth-order valence-electron chi connectivity index (χ4n) is 2.30. The summed E-state index contributed by atoms with van der Waals surface area (Å²) in [5, 5.41) is 0. The quantitative estimate of drug-likeness (QED) is 0.663. The van der Waals surface area contributed by atoms with E-state index in [2.05, 4.69) is 6.07 Å². The maximum absolute atomic E-state index is 11.3. The first-order chi connectivity index (χ1) is 7.94. The molecular weight excluding hydrogens is 259 g/mol. The van der Waals surface area contributed by atoms with Gasteiger partial charge in [0, 0.05) is 12.6 Å². The van der Waals surface area contributed by atoms with Gasteiger partial charge >= 0.3 is 0 Å². The molecule has 3 nitrogen and oxygen atoms in total. The van der Waals surface area contributed by atoms with Gasteiger partial charge in [-0.2, -0.15) is 0 Å². The molecule has 0 saturated heterocycles. The van der Waals surface area contributed by atoms with Gasteiger partial charge in [-0.1, -0.05) is 47.5 Å². The second-order valence-corrected chi connectivity index (χ2v) is 5.51. The molecule has 1 aromatic rings. The van der Waals surface area contributed by atoms with Crippen LogP contribution in [0.5, 0.6) is 0 Å². The lowest BCUT2D eigenvalue weighted by Gasteiger charge is -2.40. The zero-order valence-electron chi connectivity index (χ0n) is 9.49. The summed E-state index contributed by atoms with van der Waals surface area (Å²) in [4.78, 5) is 13.0. The van der Waals surface area contributed by atoms with Crippen molar-refractivity contribution in [2.75, 3.05) is 6.54 Å². The highest BCUT2D eigenvalue weighted by atomic mass is 35.5. The fraction of sp³-hybridized carbons (Fsp3) is 0.417. The Hall–Kier alpha value is -0.770. The Morgan fingerprint density at radius 1 is 1.47 bits per heavy atom. The van der Waals surface area contributed by atoms with Crippen LogP contribution in [0.15, 0.2) is 24.3 Å². The first-order valence-electron chi connectivity index (χ1n) is 5.47. The van der Waals surface area contributed by atoms with E-state index >= 15 is 0 Å². The summed E-state index contributed by atoms with van der Waals surface area (Å²) in [5.74, 6) is -0.730. The number of rotatable bonds is 2. The van der Waals surface area contributed by atoms with Crippen LogP contribution in [0.1, 0.15) is 24.1 Å². The summed E-state index contributed by atoms with van der Waals surface area (Å²) in [6.45, 7) is 2.59. The van der Waals surface area contributed by atoms with Gasteiger partial charge in [-0.3, -0.25) is 9.69 Å².